The van der Waals surface area contributed by atoms with Crippen LogP contribution in [0.5, 0.6) is 0 Å². The normalized spacial score (nSPS) is 20.6. The van der Waals surface area contributed by atoms with Gasteiger partial charge in [0.05, 0.1) is 0 Å². The molecule has 0 spiro atoms. The minimum atomic E-state index is -3.65. The van der Waals surface area contributed by atoms with Gasteiger partial charge in [-0.25, -0.2) is 21.1 Å². The van der Waals surface area contributed by atoms with Gasteiger partial charge in [0, 0.05) is 19.3 Å². The van der Waals surface area contributed by atoms with Crippen molar-refractivity contribution in [3.05, 3.63) is 0 Å². The van der Waals surface area contributed by atoms with Gasteiger partial charge in [-0.1, -0.05) is 0 Å². The zero-order valence-electron chi connectivity index (χ0n) is 10.2. The van der Waals surface area contributed by atoms with Crippen molar-refractivity contribution in [2.75, 3.05) is 38.0 Å². The average Bonchev–Trinajstić information content (AvgIpc) is 2.15. The van der Waals surface area contributed by atoms with Crippen LogP contribution in [0, 0.1) is 5.92 Å². The van der Waals surface area contributed by atoms with Crippen LogP contribution in [0.1, 0.15) is 12.8 Å². The topological polar surface area (TPSA) is 83.6 Å². The van der Waals surface area contributed by atoms with Crippen LogP contribution < -0.4 is 5.32 Å². The second-order valence-electron chi connectivity index (χ2n) is 4.56. The van der Waals surface area contributed by atoms with E-state index in [1.165, 1.54) is 4.31 Å². The Bertz CT molecular complexity index is 436. The highest BCUT2D eigenvalue weighted by atomic mass is 32.3. The fraction of sp³-hybridized carbons (Fsp3) is 1.00. The zero-order chi connectivity index (χ0) is 13.1. The Hall–Kier alpha value is -0.180. The van der Waals surface area contributed by atoms with Crippen molar-refractivity contribution in [2.24, 2.45) is 5.92 Å². The van der Waals surface area contributed by atoms with Crippen molar-refractivity contribution < 1.29 is 16.8 Å². The first-order valence-electron chi connectivity index (χ1n) is 5.55. The maximum Gasteiger partial charge on any atom is 0.228 e. The summed E-state index contributed by atoms with van der Waals surface area (Å²) in [7, 11) is -5.28. The van der Waals surface area contributed by atoms with Crippen LogP contribution in [0.4, 0.5) is 0 Å². The summed E-state index contributed by atoms with van der Waals surface area (Å²) in [6, 6.07) is 0. The highest BCUT2D eigenvalue weighted by molar-refractivity contribution is 8.06. The summed E-state index contributed by atoms with van der Waals surface area (Å²) < 4.78 is 47.0. The summed E-state index contributed by atoms with van der Waals surface area (Å²) in [5.41, 5.74) is 0. The molecular weight excluding hydrogens is 264 g/mol. The Morgan fingerprint density at radius 2 is 1.71 bits per heavy atom. The van der Waals surface area contributed by atoms with E-state index in [-0.39, 0.29) is 0 Å². The minimum Gasteiger partial charge on any atom is -0.319 e. The molecule has 1 aliphatic rings. The first-order valence-corrected chi connectivity index (χ1v) is 9.22. The molecule has 0 atom stereocenters. The Kier molecular flexibility index (Phi) is 4.94. The summed E-state index contributed by atoms with van der Waals surface area (Å²) in [5, 5.41) is 2.28. The molecule has 1 N–H and O–H groups in total. The molecule has 0 unspecified atom stereocenters. The fourth-order valence-corrected chi connectivity index (χ4v) is 5.55. The predicted molar refractivity (Wildman–Crippen MR) is 66.9 cm³/mol. The molecule has 1 saturated heterocycles. The van der Waals surface area contributed by atoms with Crippen molar-refractivity contribution in [3.63, 3.8) is 0 Å². The van der Waals surface area contributed by atoms with Crippen molar-refractivity contribution >= 4 is 19.9 Å². The van der Waals surface area contributed by atoms with Gasteiger partial charge in [-0.15, -0.1) is 0 Å². The van der Waals surface area contributed by atoms with Crippen LogP contribution in [0.3, 0.4) is 0 Å². The molecule has 0 aromatic heterocycles. The summed E-state index contributed by atoms with van der Waals surface area (Å²) in [4.78, 5) is 0. The van der Waals surface area contributed by atoms with Gasteiger partial charge in [0.15, 0.2) is 14.9 Å². The molecule has 0 aromatic carbocycles. The molecule has 0 radical (unpaired) electrons. The van der Waals surface area contributed by atoms with Gasteiger partial charge < -0.3 is 5.32 Å². The third-order valence-corrected chi connectivity index (χ3v) is 6.88. The van der Waals surface area contributed by atoms with Gasteiger partial charge in [0.25, 0.3) is 0 Å². The molecule has 17 heavy (non-hydrogen) atoms. The van der Waals surface area contributed by atoms with E-state index in [2.05, 4.69) is 5.32 Å². The quantitative estimate of drug-likeness (QED) is 0.718. The lowest BCUT2D eigenvalue weighted by Gasteiger charge is -2.30. The Balaban J connectivity index is 2.59. The van der Waals surface area contributed by atoms with Crippen molar-refractivity contribution in [2.45, 2.75) is 12.8 Å². The maximum absolute atomic E-state index is 11.8. The third kappa shape index (κ3) is 4.90. The lowest BCUT2D eigenvalue weighted by molar-refractivity contribution is 0.271. The van der Waals surface area contributed by atoms with Crippen LogP contribution in [-0.4, -0.2) is 59.2 Å². The molecule has 1 rings (SSSR count). The van der Waals surface area contributed by atoms with E-state index in [4.69, 9.17) is 0 Å². The standard InChI is InChI=1S/C9H20N2O4S2/c1-10-7-9-3-5-11(6-4-9)17(14,15)8-16(2,12)13/h9-10H,3-8H2,1-2H3. The van der Waals surface area contributed by atoms with Gasteiger partial charge in [-0.3, -0.25) is 0 Å². The molecule has 1 aliphatic heterocycles. The summed E-state index contributed by atoms with van der Waals surface area (Å²) >= 11 is 0. The highest BCUT2D eigenvalue weighted by Gasteiger charge is 2.30. The molecule has 0 aliphatic carbocycles. The number of rotatable bonds is 5. The third-order valence-electron chi connectivity index (χ3n) is 2.82. The van der Waals surface area contributed by atoms with E-state index >= 15 is 0 Å². The largest absolute Gasteiger partial charge is 0.319 e. The Morgan fingerprint density at radius 1 is 1.18 bits per heavy atom. The SMILES string of the molecule is CNCC1CCN(S(=O)(=O)CS(C)(=O)=O)CC1. The van der Waals surface area contributed by atoms with Gasteiger partial charge in [-0.05, 0) is 32.4 Å². The van der Waals surface area contributed by atoms with E-state index in [0.29, 0.717) is 19.0 Å². The lowest BCUT2D eigenvalue weighted by atomic mass is 9.98. The molecular formula is C9H20N2O4S2. The molecule has 1 heterocycles. The predicted octanol–water partition coefficient (Wildman–Crippen LogP) is -0.750. The Labute approximate surface area is 103 Å². The molecule has 0 aromatic rings. The van der Waals surface area contributed by atoms with Gasteiger partial charge in [0.2, 0.25) is 10.0 Å². The van der Waals surface area contributed by atoms with Crippen LogP contribution in [0.2, 0.25) is 0 Å². The summed E-state index contributed by atoms with van der Waals surface area (Å²) in [5.74, 6) is 0.477. The van der Waals surface area contributed by atoms with E-state index in [0.717, 1.165) is 25.6 Å². The number of nitrogens with one attached hydrogen (secondary N) is 1. The molecule has 0 amide bonds. The molecule has 102 valence electrons. The smallest absolute Gasteiger partial charge is 0.228 e. The number of piperidine rings is 1. The van der Waals surface area contributed by atoms with Gasteiger partial charge in [0.1, 0.15) is 0 Å². The van der Waals surface area contributed by atoms with E-state index < -0.39 is 24.9 Å². The number of sulfone groups is 1. The number of hydrogen-bond acceptors (Lipinski definition) is 5. The molecule has 0 saturated carbocycles. The van der Waals surface area contributed by atoms with Crippen molar-refractivity contribution in [3.8, 4) is 0 Å². The zero-order valence-corrected chi connectivity index (χ0v) is 11.8. The van der Waals surface area contributed by atoms with Crippen molar-refractivity contribution in [1.82, 2.24) is 9.62 Å². The van der Waals surface area contributed by atoms with E-state index in [1.54, 1.807) is 0 Å². The summed E-state index contributed by atoms with van der Waals surface area (Å²) in [6.45, 7) is 1.72. The fourth-order valence-electron chi connectivity index (χ4n) is 2.03. The van der Waals surface area contributed by atoms with Crippen LogP contribution in [0.15, 0.2) is 0 Å². The molecule has 0 bridgehead atoms. The second-order valence-corrected chi connectivity index (χ2v) is 9.03. The number of hydrogen-bond donors (Lipinski definition) is 1. The average molecular weight is 284 g/mol. The van der Waals surface area contributed by atoms with Crippen molar-refractivity contribution in [1.29, 1.82) is 0 Å². The highest BCUT2D eigenvalue weighted by Crippen LogP contribution is 2.19. The van der Waals surface area contributed by atoms with Gasteiger partial charge >= 0.3 is 0 Å². The van der Waals surface area contributed by atoms with Crippen LogP contribution in [0.25, 0.3) is 0 Å². The number of nitrogens with zero attached hydrogens (tertiary/aromatic N) is 1. The molecule has 6 nitrogen and oxygen atoms in total. The number of sulfonamides is 1. The first kappa shape index (κ1) is 14.9. The van der Waals surface area contributed by atoms with Crippen LogP contribution >= 0.6 is 0 Å². The summed E-state index contributed by atoms with van der Waals surface area (Å²) in [6.07, 6.45) is 2.51. The van der Waals surface area contributed by atoms with E-state index in [1.807, 2.05) is 7.05 Å². The minimum absolute atomic E-state index is 0.421. The Morgan fingerprint density at radius 3 is 2.12 bits per heavy atom. The van der Waals surface area contributed by atoms with Crippen LogP contribution in [-0.2, 0) is 19.9 Å². The first-order chi connectivity index (χ1) is 7.74. The monoisotopic (exact) mass is 284 g/mol. The molecule has 8 heteroatoms. The van der Waals surface area contributed by atoms with Gasteiger partial charge in [-0.2, -0.15) is 0 Å². The molecule has 1 fully saturated rings. The van der Waals surface area contributed by atoms with E-state index in [9.17, 15) is 16.8 Å². The lowest BCUT2D eigenvalue weighted by Crippen LogP contribution is -2.42. The second kappa shape index (κ2) is 5.64. The maximum atomic E-state index is 11.8.